The van der Waals surface area contributed by atoms with Crippen molar-refractivity contribution in [2.75, 3.05) is 13.2 Å². The molecule has 0 aromatic heterocycles. The number of rotatable bonds is 10. The largest absolute Gasteiger partial charge is 0.478 e. The molecule has 0 aliphatic rings. The summed E-state index contributed by atoms with van der Waals surface area (Å²) in [6, 6.07) is 7.30. The molecule has 0 aliphatic carbocycles. The molecule has 0 fully saturated rings. The third kappa shape index (κ3) is 7.19. The first-order valence-electron chi connectivity index (χ1n) is 9.43. The minimum Gasteiger partial charge on any atom is -0.478 e. The molecule has 0 spiro atoms. The van der Waals surface area contributed by atoms with Crippen molar-refractivity contribution in [2.45, 2.75) is 26.1 Å². The van der Waals surface area contributed by atoms with Crippen LogP contribution in [0, 0.1) is 0 Å². The molecule has 2 aromatic rings. The summed E-state index contributed by atoms with van der Waals surface area (Å²) in [6.07, 6.45) is -2.59. The SMILES string of the molecule is C=CCO/N=C/c1ccc(Oc2ccc(C(F)(F)F)cc2Cl)cc1OC(C)C(=O)OCC. The van der Waals surface area contributed by atoms with Gasteiger partial charge in [0.25, 0.3) is 0 Å². The van der Waals surface area contributed by atoms with Crippen LogP contribution in [0.1, 0.15) is 25.0 Å². The van der Waals surface area contributed by atoms with Crippen molar-refractivity contribution in [3.63, 3.8) is 0 Å². The van der Waals surface area contributed by atoms with Crippen molar-refractivity contribution >= 4 is 23.8 Å². The first kappa shape index (κ1) is 25.1. The Hall–Kier alpha value is -3.20. The summed E-state index contributed by atoms with van der Waals surface area (Å²) in [5.41, 5.74) is -0.440. The van der Waals surface area contributed by atoms with E-state index in [0.717, 1.165) is 18.2 Å². The van der Waals surface area contributed by atoms with E-state index in [4.69, 9.17) is 30.6 Å². The predicted molar refractivity (Wildman–Crippen MR) is 113 cm³/mol. The molecule has 0 heterocycles. The van der Waals surface area contributed by atoms with Crippen LogP contribution in [0.4, 0.5) is 13.2 Å². The van der Waals surface area contributed by atoms with E-state index in [-0.39, 0.29) is 35.5 Å². The van der Waals surface area contributed by atoms with Crippen molar-refractivity contribution in [1.82, 2.24) is 0 Å². The Bertz CT molecular complexity index is 979. The Morgan fingerprint density at radius 3 is 2.59 bits per heavy atom. The van der Waals surface area contributed by atoms with Gasteiger partial charge in [-0.1, -0.05) is 29.4 Å². The molecule has 0 N–H and O–H groups in total. The molecule has 10 heteroatoms. The summed E-state index contributed by atoms with van der Waals surface area (Å²) in [7, 11) is 0. The number of alkyl halides is 3. The number of carbonyl (C=O) groups excluding carboxylic acids is 1. The van der Waals surface area contributed by atoms with E-state index in [1.165, 1.54) is 31.3 Å². The molecule has 172 valence electrons. The lowest BCUT2D eigenvalue weighted by Crippen LogP contribution is -2.26. The molecule has 0 aliphatic heterocycles. The number of esters is 1. The lowest BCUT2D eigenvalue weighted by molar-refractivity contribution is -0.150. The summed E-state index contributed by atoms with van der Waals surface area (Å²) in [6.45, 7) is 7.07. The smallest absolute Gasteiger partial charge is 0.416 e. The highest BCUT2D eigenvalue weighted by molar-refractivity contribution is 6.32. The first-order valence-corrected chi connectivity index (χ1v) is 9.81. The minimum absolute atomic E-state index is 0.0137. The number of nitrogens with zero attached hydrogens (tertiary/aromatic N) is 1. The molecule has 32 heavy (non-hydrogen) atoms. The summed E-state index contributed by atoms with van der Waals surface area (Å²) in [5, 5.41) is 3.56. The summed E-state index contributed by atoms with van der Waals surface area (Å²) < 4.78 is 54.7. The predicted octanol–water partition coefficient (Wildman–Crippen LogP) is 6.02. The van der Waals surface area contributed by atoms with E-state index < -0.39 is 23.8 Å². The van der Waals surface area contributed by atoms with Gasteiger partial charge in [-0.3, -0.25) is 0 Å². The van der Waals surface area contributed by atoms with Crippen LogP contribution in [0.2, 0.25) is 5.02 Å². The van der Waals surface area contributed by atoms with Crippen LogP contribution in [0.15, 0.2) is 54.2 Å². The standard InChI is InChI=1S/C22H21ClF3NO5/c1-4-10-30-27-13-15-6-8-17(12-20(15)31-14(3)21(28)29-5-2)32-19-9-7-16(11-18(19)23)22(24,25)26/h4,6-9,11-14H,1,5,10H2,2-3H3/b27-13+. The second-order valence-corrected chi connectivity index (χ2v) is 6.68. The fourth-order valence-electron chi connectivity index (χ4n) is 2.36. The fraction of sp³-hybridized carbons (Fsp3) is 0.273. The topological polar surface area (TPSA) is 66.3 Å². The van der Waals surface area contributed by atoms with Crippen LogP contribution < -0.4 is 9.47 Å². The zero-order chi connectivity index (χ0) is 23.7. The van der Waals surface area contributed by atoms with Crippen LogP contribution in [0.25, 0.3) is 0 Å². The van der Waals surface area contributed by atoms with Crippen molar-refractivity contribution in [2.24, 2.45) is 5.16 Å². The van der Waals surface area contributed by atoms with Gasteiger partial charge < -0.3 is 19.0 Å². The second kappa shape index (κ2) is 11.4. The number of oxime groups is 1. The Balaban J connectivity index is 2.31. The molecule has 0 bridgehead atoms. The fourth-order valence-corrected chi connectivity index (χ4v) is 2.58. The molecule has 1 unspecified atom stereocenters. The lowest BCUT2D eigenvalue weighted by atomic mass is 10.2. The van der Waals surface area contributed by atoms with Crippen LogP contribution in [-0.2, 0) is 20.5 Å². The maximum atomic E-state index is 12.8. The number of carbonyl (C=O) groups is 1. The van der Waals surface area contributed by atoms with Crippen LogP contribution in [0.3, 0.4) is 0 Å². The molecular weight excluding hydrogens is 451 g/mol. The van der Waals surface area contributed by atoms with E-state index in [0.29, 0.717) is 5.56 Å². The van der Waals surface area contributed by atoms with Gasteiger partial charge in [0.15, 0.2) is 6.10 Å². The van der Waals surface area contributed by atoms with E-state index >= 15 is 0 Å². The van der Waals surface area contributed by atoms with Gasteiger partial charge in [-0.25, -0.2) is 4.79 Å². The van der Waals surface area contributed by atoms with Crippen molar-refractivity contribution in [1.29, 1.82) is 0 Å². The Morgan fingerprint density at radius 2 is 1.97 bits per heavy atom. The van der Waals surface area contributed by atoms with Crippen LogP contribution in [0.5, 0.6) is 17.2 Å². The van der Waals surface area contributed by atoms with Gasteiger partial charge in [0.2, 0.25) is 0 Å². The van der Waals surface area contributed by atoms with Gasteiger partial charge in [0.1, 0.15) is 23.9 Å². The van der Waals surface area contributed by atoms with E-state index in [2.05, 4.69) is 11.7 Å². The van der Waals surface area contributed by atoms with E-state index in [1.807, 2.05) is 0 Å². The Labute approximate surface area is 188 Å². The highest BCUT2D eigenvalue weighted by atomic mass is 35.5. The van der Waals surface area contributed by atoms with Gasteiger partial charge in [-0.2, -0.15) is 13.2 Å². The highest BCUT2D eigenvalue weighted by Crippen LogP contribution is 2.37. The number of hydrogen-bond acceptors (Lipinski definition) is 6. The van der Waals surface area contributed by atoms with Gasteiger partial charge in [0, 0.05) is 11.6 Å². The van der Waals surface area contributed by atoms with E-state index in [1.54, 1.807) is 13.0 Å². The van der Waals surface area contributed by atoms with Crippen LogP contribution in [-0.4, -0.2) is 31.5 Å². The van der Waals surface area contributed by atoms with Gasteiger partial charge in [-0.15, -0.1) is 0 Å². The minimum atomic E-state index is -4.53. The Morgan fingerprint density at radius 1 is 1.22 bits per heavy atom. The highest BCUT2D eigenvalue weighted by Gasteiger charge is 2.31. The normalized spacial score (nSPS) is 12.3. The van der Waals surface area contributed by atoms with Crippen molar-refractivity contribution in [3.05, 3.63) is 65.2 Å². The number of hydrogen-bond donors (Lipinski definition) is 0. The van der Waals surface area contributed by atoms with Gasteiger partial charge in [0.05, 0.1) is 23.4 Å². The molecule has 2 rings (SSSR count). The number of halogens is 4. The quantitative estimate of drug-likeness (QED) is 0.139. The van der Waals surface area contributed by atoms with Crippen LogP contribution >= 0.6 is 11.6 Å². The molecular formula is C22H21ClF3NO5. The third-order valence-corrected chi connectivity index (χ3v) is 4.15. The summed E-state index contributed by atoms with van der Waals surface area (Å²) in [4.78, 5) is 16.9. The zero-order valence-electron chi connectivity index (χ0n) is 17.3. The maximum Gasteiger partial charge on any atom is 0.416 e. The van der Waals surface area contributed by atoms with Gasteiger partial charge >= 0.3 is 12.1 Å². The molecule has 2 aromatic carbocycles. The molecule has 0 saturated heterocycles. The average Bonchev–Trinajstić information content (AvgIpc) is 2.73. The molecule has 1 atom stereocenters. The summed E-state index contributed by atoms with van der Waals surface area (Å²) in [5.74, 6) is -0.144. The monoisotopic (exact) mass is 471 g/mol. The molecule has 0 saturated carbocycles. The maximum absolute atomic E-state index is 12.8. The average molecular weight is 472 g/mol. The molecule has 0 radical (unpaired) electrons. The summed E-state index contributed by atoms with van der Waals surface area (Å²) >= 11 is 5.95. The molecule has 6 nitrogen and oxygen atoms in total. The number of benzene rings is 2. The lowest BCUT2D eigenvalue weighted by Gasteiger charge is -2.16. The van der Waals surface area contributed by atoms with Gasteiger partial charge in [-0.05, 0) is 44.2 Å². The van der Waals surface area contributed by atoms with Crippen molar-refractivity contribution in [3.8, 4) is 17.2 Å². The van der Waals surface area contributed by atoms with Crippen molar-refractivity contribution < 1.29 is 37.0 Å². The van der Waals surface area contributed by atoms with E-state index in [9.17, 15) is 18.0 Å². The number of ether oxygens (including phenoxy) is 3. The molecule has 0 amide bonds. The second-order valence-electron chi connectivity index (χ2n) is 6.28. The first-order chi connectivity index (χ1) is 15.2. The Kier molecular flexibility index (Phi) is 8.95. The third-order valence-electron chi connectivity index (χ3n) is 3.85. The zero-order valence-corrected chi connectivity index (χ0v) is 18.1.